The van der Waals surface area contributed by atoms with Crippen LogP contribution in [0.15, 0.2) is 58.8 Å². The minimum atomic E-state index is 0.189. The van der Waals surface area contributed by atoms with Gasteiger partial charge in [-0.1, -0.05) is 43.5 Å². The first kappa shape index (κ1) is 13.8. The van der Waals surface area contributed by atoms with E-state index < -0.39 is 0 Å². The van der Waals surface area contributed by atoms with Gasteiger partial charge in [0.2, 0.25) is 0 Å². The Morgan fingerprint density at radius 3 is 2.38 bits per heavy atom. The van der Waals surface area contributed by atoms with Gasteiger partial charge in [-0.05, 0) is 48.6 Å². The molecule has 1 fully saturated rings. The molecule has 0 amide bonds. The third-order valence-electron chi connectivity index (χ3n) is 4.11. The minimum Gasteiger partial charge on any atom is -0.506 e. The molecule has 3 rings (SSSR count). The van der Waals surface area contributed by atoms with E-state index in [1.165, 1.54) is 37.7 Å². The lowest BCUT2D eigenvalue weighted by atomic mass is 9.84. The zero-order chi connectivity index (χ0) is 14.5. The van der Waals surface area contributed by atoms with E-state index in [9.17, 15) is 5.11 Å². The van der Waals surface area contributed by atoms with E-state index in [1.807, 2.05) is 42.5 Å². The van der Waals surface area contributed by atoms with Gasteiger partial charge in [0.1, 0.15) is 11.4 Å². The van der Waals surface area contributed by atoms with Gasteiger partial charge in [-0.2, -0.15) is 5.11 Å². The van der Waals surface area contributed by atoms with Gasteiger partial charge in [0.25, 0.3) is 0 Å². The van der Waals surface area contributed by atoms with Crippen molar-refractivity contribution < 1.29 is 5.11 Å². The monoisotopic (exact) mass is 280 g/mol. The zero-order valence-electron chi connectivity index (χ0n) is 12.1. The lowest BCUT2D eigenvalue weighted by Gasteiger charge is -2.22. The molecule has 3 heteroatoms. The summed E-state index contributed by atoms with van der Waals surface area (Å²) >= 11 is 0. The second-order valence-electron chi connectivity index (χ2n) is 5.62. The number of azo groups is 1. The summed E-state index contributed by atoms with van der Waals surface area (Å²) < 4.78 is 0. The van der Waals surface area contributed by atoms with Crippen molar-refractivity contribution in [3.63, 3.8) is 0 Å². The first-order valence-electron chi connectivity index (χ1n) is 7.62. The standard InChI is InChI=1S/C18H20N2O/c21-18-12-11-15(14-7-3-1-4-8-14)13-17(18)20-19-16-9-5-2-6-10-16/h2,5-6,9-14,21H,1,3-4,7-8H2. The number of phenolic OH excluding ortho intramolecular Hbond substituents is 1. The van der Waals surface area contributed by atoms with Crippen LogP contribution in [0.5, 0.6) is 5.75 Å². The van der Waals surface area contributed by atoms with E-state index in [0.29, 0.717) is 11.6 Å². The Labute approximate surface area is 125 Å². The van der Waals surface area contributed by atoms with E-state index in [-0.39, 0.29) is 5.75 Å². The van der Waals surface area contributed by atoms with Gasteiger partial charge >= 0.3 is 0 Å². The number of hydrogen-bond acceptors (Lipinski definition) is 3. The van der Waals surface area contributed by atoms with Crippen molar-refractivity contribution in [3.8, 4) is 5.75 Å². The van der Waals surface area contributed by atoms with Crippen LogP contribution in [0, 0.1) is 0 Å². The Hall–Kier alpha value is -2.16. The van der Waals surface area contributed by atoms with Crippen LogP contribution in [0.2, 0.25) is 0 Å². The molecule has 0 unspecified atom stereocenters. The summed E-state index contributed by atoms with van der Waals surface area (Å²) in [5.41, 5.74) is 2.62. The molecule has 1 saturated carbocycles. The van der Waals surface area contributed by atoms with Crippen LogP contribution in [-0.2, 0) is 0 Å². The third-order valence-corrected chi connectivity index (χ3v) is 4.11. The van der Waals surface area contributed by atoms with Gasteiger partial charge in [0.05, 0.1) is 5.69 Å². The second-order valence-corrected chi connectivity index (χ2v) is 5.62. The molecular formula is C18H20N2O. The molecule has 0 spiro atoms. The molecule has 2 aromatic carbocycles. The van der Waals surface area contributed by atoms with Crippen molar-refractivity contribution in [1.82, 2.24) is 0 Å². The Morgan fingerprint density at radius 1 is 0.857 bits per heavy atom. The van der Waals surface area contributed by atoms with Crippen molar-refractivity contribution in [2.45, 2.75) is 38.0 Å². The molecule has 0 atom stereocenters. The molecule has 0 heterocycles. The van der Waals surface area contributed by atoms with Crippen molar-refractivity contribution in [2.24, 2.45) is 10.2 Å². The fourth-order valence-electron chi connectivity index (χ4n) is 2.92. The van der Waals surface area contributed by atoms with E-state index in [0.717, 1.165) is 5.69 Å². The van der Waals surface area contributed by atoms with Gasteiger partial charge in [-0.15, -0.1) is 5.11 Å². The minimum absolute atomic E-state index is 0.189. The third kappa shape index (κ3) is 3.48. The molecule has 0 aromatic heterocycles. The number of rotatable bonds is 3. The molecule has 1 N–H and O–H groups in total. The largest absolute Gasteiger partial charge is 0.506 e. The fraction of sp³-hybridized carbons (Fsp3) is 0.333. The molecule has 0 bridgehead atoms. The van der Waals surface area contributed by atoms with E-state index in [2.05, 4.69) is 10.2 Å². The van der Waals surface area contributed by atoms with Crippen LogP contribution in [0.1, 0.15) is 43.6 Å². The molecule has 0 aliphatic heterocycles. The smallest absolute Gasteiger partial charge is 0.143 e. The topological polar surface area (TPSA) is 45.0 Å². The van der Waals surface area contributed by atoms with Crippen LogP contribution < -0.4 is 0 Å². The average Bonchev–Trinajstić information content (AvgIpc) is 2.56. The highest BCUT2D eigenvalue weighted by atomic mass is 16.3. The lowest BCUT2D eigenvalue weighted by Crippen LogP contribution is -2.03. The van der Waals surface area contributed by atoms with Gasteiger partial charge < -0.3 is 5.11 Å². The highest BCUT2D eigenvalue weighted by molar-refractivity contribution is 5.53. The van der Waals surface area contributed by atoms with Crippen molar-refractivity contribution >= 4 is 11.4 Å². The Bertz CT molecular complexity index is 616. The SMILES string of the molecule is Oc1ccc(C2CCCCC2)cc1N=Nc1ccccc1. The van der Waals surface area contributed by atoms with Crippen LogP contribution >= 0.6 is 0 Å². The van der Waals surface area contributed by atoms with Gasteiger partial charge in [0, 0.05) is 0 Å². The number of hydrogen-bond donors (Lipinski definition) is 1. The maximum absolute atomic E-state index is 9.96. The van der Waals surface area contributed by atoms with E-state index in [4.69, 9.17) is 0 Å². The van der Waals surface area contributed by atoms with Crippen molar-refractivity contribution in [1.29, 1.82) is 0 Å². The highest BCUT2D eigenvalue weighted by Crippen LogP contribution is 2.37. The summed E-state index contributed by atoms with van der Waals surface area (Å²) in [5, 5.41) is 18.4. The second kappa shape index (κ2) is 6.53. The summed E-state index contributed by atoms with van der Waals surface area (Å²) in [7, 11) is 0. The predicted molar refractivity (Wildman–Crippen MR) is 84.6 cm³/mol. The Morgan fingerprint density at radius 2 is 1.62 bits per heavy atom. The van der Waals surface area contributed by atoms with E-state index in [1.54, 1.807) is 6.07 Å². The first-order chi connectivity index (χ1) is 10.3. The molecule has 2 aromatic rings. The average molecular weight is 280 g/mol. The summed E-state index contributed by atoms with van der Waals surface area (Å²) in [6, 6.07) is 15.3. The maximum atomic E-state index is 9.96. The maximum Gasteiger partial charge on any atom is 0.143 e. The summed E-state index contributed by atoms with van der Waals surface area (Å²) in [6.07, 6.45) is 6.41. The number of phenols is 1. The molecule has 21 heavy (non-hydrogen) atoms. The summed E-state index contributed by atoms with van der Waals surface area (Å²) in [4.78, 5) is 0. The number of benzene rings is 2. The lowest BCUT2D eigenvalue weighted by molar-refractivity contribution is 0.442. The Kier molecular flexibility index (Phi) is 4.29. The zero-order valence-corrected chi connectivity index (χ0v) is 12.1. The van der Waals surface area contributed by atoms with Crippen molar-refractivity contribution in [2.75, 3.05) is 0 Å². The highest BCUT2D eigenvalue weighted by Gasteiger charge is 2.16. The number of aromatic hydroxyl groups is 1. The Balaban J connectivity index is 1.82. The van der Waals surface area contributed by atoms with Crippen LogP contribution in [0.3, 0.4) is 0 Å². The molecule has 108 valence electrons. The quantitative estimate of drug-likeness (QED) is 0.703. The summed E-state index contributed by atoms with van der Waals surface area (Å²) in [6.45, 7) is 0. The fourth-order valence-corrected chi connectivity index (χ4v) is 2.92. The summed E-state index contributed by atoms with van der Waals surface area (Å²) in [5.74, 6) is 0.791. The van der Waals surface area contributed by atoms with Gasteiger partial charge in [0.15, 0.2) is 0 Å². The van der Waals surface area contributed by atoms with E-state index >= 15 is 0 Å². The van der Waals surface area contributed by atoms with Gasteiger partial charge in [-0.25, -0.2) is 0 Å². The van der Waals surface area contributed by atoms with Crippen LogP contribution in [0.4, 0.5) is 11.4 Å². The first-order valence-corrected chi connectivity index (χ1v) is 7.62. The van der Waals surface area contributed by atoms with Crippen molar-refractivity contribution in [3.05, 3.63) is 54.1 Å². The molecule has 0 saturated heterocycles. The molecule has 1 aliphatic rings. The molecule has 3 nitrogen and oxygen atoms in total. The predicted octanol–water partition coefficient (Wildman–Crippen LogP) is 5.86. The molecule has 1 aliphatic carbocycles. The normalized spacial score (nSPS) is 16.4. The number of nitrogens with zero attached hydrogens (tertiary/aromatic N) is 2. The van der Waals surface area contributed by atoms with Crippen LogP contribution in [-0.4, -0.2) is 5.11 Å². The molecular weight excluding hydrogens is 260 g/mol. The van der Waals surface area contributed by atoms with Crippen LogP contribution in [0.25, 0.3) is 0 Å². The van der Waals surface area contributed by atoms with Gasteiger partial charge in [-0.3, -0.25) is 0 Å². The molecule has 0 radical (unpaired) electrons.